The van der Waals surface area contributed by atoms with Crippen molar-refractivity contribution in [3.05, 3.63) is 0 Å². The van der Waals surface area contributed by atoms with Gasteiger partial charge in [-0.05, 0) is 37.5 Å². The van der Waals surface area contributed by atoms with Crippen molar-refractivity contribution in [1.82, 2.24) is 31.5 Å². The second-order valence-corrected chi connectivity index (χ2v) is 10.9. The molecule has 0 aliphatic carbocycles. The average molecular weight is 523 g/mol. The van der Waals surface area contributed by atoms with Crippen LogP contribution in [0.5, 0.6) is 0 Å². The minimum absolute atomic E-state index is 0.298. The summed E-state index contributed by atoms with van der Waals surface area (Å²) in [4.78, 5) is 79.4. The molecule has 2 fully saturated rings. The number of nitrogens with zero attached hydrogens (tertiary/aromatic N) is 1. The summed E-state index contributed by atoms with van der Waals surface area (Å²) in [6.45, 7) is 12.0. The molecular weight excluding hydrogens is 480 g/mol. The van der Waals surface area contributed by atoms with Crippen molar-refractivity contribution in [3.8, 4) is 0 Å². The van der Waals surface area contributed by atoms with Crippen molar-refractivity contribution in [1.29, 1.82) is 0 Å². The van der Waals surface area contributed by atoms with Crippen LogP contribution in [-0.4, -0.2) is 83.6 Å². The maximum absolute atomic E-state index is 13.2. The van der Waals surface area contributed by atoms with Crippen LogP contribution < -0.4 is 26.6 Å². The van der Waals surface area contributed by atoms with Gasteiger partial charge in [-0.1, -0.05) is 41.5 Å². The van der Waals surface area contributed by atoms with Gasteiger partial charge in [0.25, 0.3) is 0 Å². The summed E-state index contributed by atoms with van der Waals surface area (Å²) in [5.74, 6) is -3.99. The molecule has 0 aromatic rings. The molecule has 0 radical (unpaired) electrons. The Kier molecular flexibility index (Phi) is 10.4. The highest BCUT2D eigenvalue weighted by Crippen LogP contribution is 2.18. The summed E-state index contributed by atoms with van der Waals surface area (Å²) in [7, 11) is 0. The minimum Gasteiger partial charge on any atom is -0.345 e. The van der Waals surface area contributed by atoms with Crippen molar-refractivity contribution in [2.24, 2.45) is 17.8 Å². The van der Waals surface area contributed by atoms with E-state index in [1.807, 2.05) is 0 Å². The van der Waals surface area contributed by atoms with Crippen LogP contribution >= 0.6 is 0 Å². The molecule has 208 valence electrons. The lowest BCUT2D eigenvalue weighted by atomic mass is 9.99. The molecule has 0 unspecified atom stereocenters. The predicted molar refractivity (Wildman–Crippen MR) is 136 cm³/mol. The summed E-state index contributed by atoms with van der Waals surface area (Å²) in [6, 6.07) is -4.61. The minimum atomic E-state index is -0.994. The Labute approximate surface area is 218 Å². The van der Waals surface area contributed by atoms with Crippen LogP contribution in [0.4, 0.5) is 0 Å². The van der Waals surface area contributed by atoms with E-state index in [0.29, 0.717) is 19.4 Å². The molecule has 0 aromatic carbocycles. The molecular formula is C25H42N6O6. The van der Waals surface area contributed by atoms with Gasteiger partial charge in [-0.3, -0.25) is 28.8 Å². The molecule has 2 aliphatic heterocycles. The first-order valence-electron chi connectivity index (χ1n) is 13.0. The average Bonchev–Trinajstić information content (AvgIpc) is 3.31. The summed E-state index contributed by atoms with van der Waals surface area (Å²) < 4.78 is 0. The van der Waals surface area contributed by atoms with Gasteiger partial charge in [0, 0.05) is 6.54 Å². The largest absolute Gasteiger partial charge is 0.345 e. The van der Waals surface area contributed by atoms with Crippen molar-refractivity contribution in [3.63, 3.8) is 0 Å². The molecule has 2 heterocycles. The maximum atomic E-state index is 13.2. The van der Waals surface area contributed by atoms with Gasteiger partial charge in [0.2, 0.25) is 35.4 Å². The Morgan fingerprint density at radius 3 is 1.65 bits per heavy atom. The number of fused-ring (bicyclic) bond motifs is 1. The topological polar surface area (TPSA) is 166 Å². The van der Waals surface area contributed by atoms with Gasteiger partial charge in [-0.15, -0.1) is 0 Å². The van der Waals surface area contributed by atoms with Crippen LogP contribution in [0.1, 0.15) is 61.3 Å². The third kappa shape index (κ3) is 7.65. The first kappa shape index (κ1) is 30.0. The third-order valence-corrected chi connectivity index (χ3v) is 6.78. The van der Waals surface area contributed by atoms with Crippen LogP contribution in [0, 0.1) is 17.8 Å². The highest BCUT2D eigenvalue weighted by molar-refractivity contribution is 5.97. The van der Waals surface area contributed by atoms with Gasteiger partial charge < -0.3 is 31.5 Å². The number of carbonyl (C=O) groups excluding carboxylic acids is 6. The maximum Gasteiger partial charge on any atom is 0.243 e. The lowest BCUT2D eigenvalue weighted by molar-refractivity contribution is -0.141. The molecule has 6 amide bonds. The molecule has 2 rings (SSSR count). The number of rotatable bonds is 3. The lowest BCUT2D eigenvalue weighted by Gasteiger charge is -2.31. The second-order valence-electron chi connectivity index (χ2n) is 10.9. The first-order valence-corrected chi connectivity index (χ1v) is 13.0. The van der Waals surface area contributed by atoms with E-state index < -0.39 is 65.7 Å². The fourth-order valence-corrected chi connectivity index (χ4v) is 4.46. The molecule has 2 saturated heterocycles. The van der Waals surface area contributed by atoms with Crippen molar-refractivity contribution < 1.29 is 28.8 Å². The van der Waals surface area contributed by atoms with Gasteiger partial charge in [-0.25, -0.2) is 0 Å². The fourth-order valence-electron chi connectivity index (χ4n) is 4.46. The Morgan fingerprint density at radius 2 is 1.11 bits per heavy atom. The van der Waals surface area contributed by atoms with E-state index in [1.54, 1.807) is 41.5 Å². The summed E-state index contributed by atoms with van der Waals surface area (Å²) in [6.07, 6.45) is 1.03. The van der Waals surface area contributed by atoms with Crippen molar-refractivity contribution in [2.75, 3.05) is 13.1 Å². The first-order chi connectivity index (χ1) is 17.2. The number of nitrogens with one attached hydrogen (secondary N) is 5. The van der Waals surface area contributed by atoms with E-state index in [2.05, 4.69) is 26.6 Å². The second kappa shape index (κ2) is 12.9. The van der Waals surface area contributed by atoms with Crippen molar-refractivity contribution in [2.45, 2.75) is 91.5 Å². The molecule has 0 saturated carbocycles. The van der Waals surface area contributed by atoms with Crippen molar-refractivity contribution >= 4 is 35.4 Å². The molecule has 12 heteroatoms. The Bertz CT molecular complexity index is 904. The summed E-state index contributed by atoms with van der Waals surface area (Å²) in [5.41, 5.74) is 0. The van der Waals surface area contributed by atoms with Crippen LogP contribution in [0.3, 0.4) is 0 Å². The van der Waals surface area contributed by atoms with Gasteiger partial charge in [0.05, 0.1) is 6.54 Å². The fraction of sp³-hybridized carbons (Fsp3) is 0.760. The van der Waals surface area contributed by atoms with E-state index in [1.165, 1.54) is 11.8 Å². The van der Waals surface area contributed by atoms with Gasteiger partial charge in [0.15, 0.2) is 0 Å². The zero-order valence-electron chi connectivity index (χ0n) is 22.8. The Morgan fingerprint density at radius 1 is 0.649 bits per heavy atom. The van der Waals surface area contributed by atoms with Crippen LogP contribution in [0.2, 0.25) is 0 Å². The normalized spacial score (nSPS) is 29.2. The molecule has 12 nitrogen and oxygen atoms in total. The molecule has 0 bridgehead atoms. The lowest BCUT2D eigenvalue weighted by Crippen LogP contribution is -2.61. The Hall–Kier alpha value is -3.18. The van der Waals surface area contributed by atoms with E-state index in [-0.39, 0.29) is 24.3 Å². The van der Waals surface area contributed by atoms with Crippen LogP contribution in [0.15, 0.2) is 0 Å². The molecule has 5 atom stereocenters. The van der Waals surface area contributed by atoms with E-state index >= 15 is 0 Å². The molecule has 0 spiro atoms. The smallest absolute Gasteiger partial charge is 0.243 e. The highest BCUT2D eigenvalue weighted by Gasteiger charge is 2.38. The number of hydrogen-bond acceptors (Lipinski definition) is 6. The molecule has 5 N–H and O–H groups in total. The van der Waals surface area contributed by atoms with Gasteiger partial charge in [0.1, 0.15) is 30.2 Å². The number of amides is 6. The van der Waals surface area contributed by atoms with Gasteiger partial charge in [-0.2, -0.15) is 0 Å². The summed E-state index contributed by atoms with van der Waals surface area (Å²) in [5, 5.41) is 13.3. The molecule has 37 heavy (non-hydrogen) atoms. The summed E-state index contributed by atoms with van der Waals surface area (Å²) >= 11 is 0. The molecule has 0 aromatic heterocycles. The number of carbonyl (C=O) groups is 6. The third-order valence-electron chi connectivity index (χ3n) is 6.78. The standard InChI is InChI=1S/C25H42N6O6/c1-12(2)18-23(35)26-11-17(32)31-10-8-9-16(31)22(34)29-20(14(5)6)25(37)30-19(13(3)4)24(36)27-15(7)21(33)28-18/h12-16,18-20H,8-11H2,1-7H3,(H,26,35)(H,27,36)(H,28,33)(H,29,34)(H,30,37)/t15-,16-,18-,19-,20-/m0/s1. The molecule has 2 aliphatic rings. The quantitative estimate of drug-likeness (QED) is 0.320. The zero-order chi connectivity index (χ0) is 28.0. The Balaban J connectivity index is 2.40. The van der Waals surface area contributed by atoms with Gasteiger partial charge >= 0.3 is 0 Å². The number of hydrogen-bond donors (Lipinski definition) is 5. The van der Waals surface area contributed by atoms with Crippen LogP contribution in [-0.2, 0) is 28.8 Å². The SMILES string of the molecule is CC(C)[C@@H]1NC(=O)[C@H](C)NC(=O)[C@H](C(C)C)NC(=O)[C@H](C(C)C)NC(=O)[C@@H]2CCCN2C(=O)CNC1=O. The zero-order valence-corrected chi connectivity index (χ0v) is 22.8. The highest BCUT2D eigenvalue weighted by atomic mass is 16.2. The predicted octanol–water partition coefficient (Wildman–Crippen LogP) is -0.966. The van der Waals surface area contributed by atoms with E-state index in [0.717, 1.165) is 0 Å². The van der Waals surface area contributed by atoms with E-state index in [9.17, 15) is 28.8 Å². The van der Waals surface area contributed by atoms with E-state index in [4.69, 9.17) is 0 Å². The monoisotopic (exact) mass is 522 g/mol. The van der Waals surface area contributed by atoms with Crippen LogP contribution in [0.25, 0.3) is 0 Å².